The van der Waals surface area contributed by atoms with E-state index in [0.717, 1.165) is 16.8 Å². The van der Waals surface area contributed by atoms with Crippen LogP contribution in [0, 0.1) is 0 Å². The molecule has 1 amide bonds. The molecular formula is C18H17N3O2S. The van der Waals surface area contributed by atoms with E-state index in [2.05, 4.69) is 10.3 Å². The summed E-state index contributed by atoms with van der Waals surface area (Å²) in [6.07, 6.45) is 0. The van der Waals surface area contributed by atoms with Gasteiger partial charge in [-0.1, -0.05) is 42.5 Å². The molecule has 3 rings (SSSR count). The van der Waals surface area contributed by atoms with Crippen LogP contribution in [0.15, 0.2) is 60.0 Å². The topological polar surface area (TPSA) is 77.2 Å². The number of benzene rings is 2. The van der Waals surface area contributed by atoms with Crippen molar-refractivity contribution in [2.75, 3.05) is 12.3 Å². The highest BCUT2D eigenvalue weighted by atomic mass is 32.1. The number of nitrogen functional groups attached to an aromatic ring is 1. The molecule has 0 fully saturated rings. The number of nitrogens with two attached hydrogens (primary N) is 1. The smallest absolute Gasteiger partial charge is 0.258 e. The van der Waals surface area contributed by atoms with E-state index in [9.17, 15) is 4.79 Å². The maximum absolute atomic E-state index is 12.0. The van der Waals surface area contributed by atoms with Gasteiger partial charge in [-0.25, -0.2) is 4.98 Å². The lowest BCUT2D eigenvalue weighted by Crippen LogP contribution is -2.28. The number of carbonyl (C=O) groups is 1. The number of nitrogens with one attached hydrogen (secondary N) is 1. The number of thiazole rings is 1. The summed E-state index contributed by atoms with van der Waals surface area (Å²) in [5.74, 6) is 0.434. The summed E-state index contributed by atoms with van der Waals surface area (Å²) < 4.78 is 5.66. The lowest BCUT2D eigenvalue weighted by Gasteiger charge is -2.10. The summed E-state index contributed by atoms with van der Waals surface area (Å²) in [6, 6.07) is 17.2. The van der Waals surface area contributed by atoms with E-state index in [1.165, 1.54) is 11.3 Å². The molecule has 122 valence electrons. The van der Waals surface area contributed by atoms with Crippen LogP contribution in [0.1, 0.15) is 5.56 Å². The first-order chi connectivity index (χ1) is 11.7. The average Bonchev–Trinajstić information content (AvgIpc) is 3.05. The second-order valence-electron chi connectivity index (χ2n) is 5.12. The molecule has 5 nitrogen and oxygen atoms in total. The largest absolute Gasteiger partial charge is 0.483 e. The minimum absolute atomic E-state index is 0.0521. The van der Waals surface area contributed by atoms with Gasteiger partial charge >= 0.3 is 0 Å². The Bertz CT molecular complexity index is 818. The van der Waals surface area contributed by atoms with E-state index >= 15 is 0 Å². The molecule has 6 heteroatoms. The predicted molar refractivity (Wildman–Crippen MR) is 95.7 cm³/mol. The van der Waals surface area contributed by atoms with Crippen molar-refractivity contribution >= 4 is 22.4 Å². The van der Waals surface area contributed by atoms with E-state index in [-0.39, 0.29) is 12.5 Å². The Kier molecular flexibility index (Phi) is 5.08. The van der Waals surface area contributed by atoms with Crippen LogP contribution in [0.25, 0.3) is 11.3 Å². The van der Waals surface area contributed by atoms with Crippen molar-refractivity contribution < 1.29 is 9.53 Å². The number of rotatable bonds is 6. The number of hydrogen-bond donors (Lipinski definition) is 2. The first-order valence-electron chi connectivity index (χ1n) is 7.46. The van der Waals surface area contributed by atoms with Gasteiger partial charge in [0.15, 0.2) is 11.7 Å². The molecule has 0 saturated heterocycles. The van der Waals surface area contributed by atoms with Crippen LogP contribution in [0.2, 0.25) is 0 Å². The Labute approximate surface area is 144 Å². The van der Waals surface area contributed by atoms with Crippen LogP contribution >= 0.6 is 11.3 Å². The normalized spacial score (nSPS) is 10.3. The van der Waals surface area contributed by atoms with Crippen LogP contribution in [-0.4, -0.2) is 17.5 Å². The van der Waals surface area contributed by atoms with E-state index < -0.39 is 0 Å². The maximum Gasteiger partial charge on any atom is 0.258 e. The zero-order chi connectivity index (χ0) is 16.8. The lowest BCUT2D eigenvalue weighted by molar-refractivity contribution is -0.123. The highest BCUT2D eigenvalue weighted by Gasteiger charge is 2.10. The average molecular weight is 339 g/mol. The number of hydrogen-bond acceptors (Lipinski definition) is 5. The zero-order valence-corrected chi connectivity index (χ0v) is 13.8. The molecule has 2 aromatic carbocycles. The van der Waals surface area contributed by atoms with Crippen LogP contribution in [0.5, 0.6) is 5.75 Å². The molecule has 0 aliphatic carbocycles. The third kappa shape index (κ3) is 4.11. The van der Waals surface area contributed by atoms with Crippen molar-refractivity contribution in [1.29, 1.82) is 0 Å². The molecule has 0 aliphatic rings. The Balaban J connectivity index is 1.59. The third-order valence-corrected chi connectivity index (χ3v) is 4.05. The number of nitrogens with zero attached hydrogens (tertiary/aromatic N) is 1. The molecule has 0 unspecified atom stereocenters. The van der Waals surface area contributed by atoms with Crippen molar-refractivity contribution in [3.63, 3.8) is 0 Å². The second kappa shape index (κ2) is 7.61. The van der Waals surface area contributed by atoms with Gasteiger partial charge in [-0.2, -0.15) is 0 Å². The summed E-state index contributed by atoms with van der Waals surface area (Å²) in [5.41, 5.74) is 8.30. The van der Waals surface area contributed by atoms with Gasteiger partial charge in [0.05, 0.1) is 5.69 Å². The second-order valence-corrected chi connectivity index (χ2v) is 6.01. The standard InChI is InChI=1S/C18H17N3O2S/c19-18-21-15(12-24-18)14-8-4-5-9-16(14)23-11-17(22)20-10-13-6-2-1-3-7-13/h1-9,12H,10-11H2,(H2,19,21)(H,20,22). The Morgan fingerprint density at radius 3 is 2.62 bits per heavy atom. The molecule has 0 atom stereocenters. The summed E-state index contributed by atoms with van der Waals surface area (Å²) >= 11 is 1.37. The van der Waals surface area contributed by atoms with E-state index in [1.807, 2.05) is 60.0 Å². The Hall–Kier alpha value is -2.86. The summed E-state index contributed by atoms with van der Waals surface area (Å²) in [5, 5.41) is 5.20. The van der Waals surface area contributed by atoms with Crippen molar-refractivity contribution in [2.24, 2.45) is 0 Å². The van der Waals surface area contributed by atoms with Gasteiger partial charge in [-0.15, -0.1) is 11.3 Å². The Morgan fingerprint density at radius 1 is 1.12 bits per heavy atom. The molecule has 0 bridgehead atoms. The molecule has 3 aromatic rings. The summed E-state index contributed by atoms with van der Waals surface area (Å²) in [4.78, 5) is 16.2. The summed E-state index contributed by atoms with van der Waals surface area (Å²) in [6.45, 7) is 0.427. The quantitative estimate of drug-likeness (QED) is 0.723. The van der Waals surface area contributed by atoms with Crippen LogP contribution in [0.3, 0.4) is 0 Å². The molecule has 0 radical (unpaired) electrons. The van der Waals surface area contributed by atoms with Crippen molar-refractivity contribution in [1.82, 2.24) is 10.3 Å². The van der Waals surface area contributed by atoms with Crippen molar-refractivity contribution in [3.8, 4) is 17.0 Å². The van der Waals surface area contributed by atoms with Crippen molar-refractivity contribution in [3.05, 3.63) is 65.5 Å². The van der Waals surface area contributed by atoms with Gasteiger partial charge < -0.3 is 15.8 Å². The molecule has 0 aliphatic heterocycles. The fraction of sp³-hybridized carbons (Fsp3) is 0.111. The number of anilines is 1. The number of ether oxygens (including phenoxy) is 1. The first kappa shape index (κ1) is 16.0. The van der Waals surface area contributed by atoms with Crippen LogP contribution in [-0.2, 0) is 11.3 Å². The van der Waals surface area contributed by atoms with Gasteiger partial charge in [0, 0.05) is 17.5 Å². The van der Waals surface area contributed by atoms with Crippen molar-refractivity contribution in [2.45, 2.75) is 6.54 Å². The molecule has 1 aromatic heterocycles. The van der Waals surface area contributed by atoms with E-state index in [0.29, 0.717) is 17.4 Å². The fourth-order valence-corrected chi connectivity index (χ4v) is 2.77. The SMILES string of the molecule is Nc1nc(-c2ccccc2OCC(=O)NCc2ccccc2)cs1. The monoisotopic (exact) mass is 339 g/mol. The first-order valence-corrected chi connectivity index (χ1v) is 8.34. The van der Waals surface area contributed by atoms with E-state index in [1.54, 1.807) is 0 Å². The minimum Gasteiger partial charge on any atom is -0.483 e. The highest BCUT2D eigenvalue weighted by Crippen LogP contribution is 2.31. The zero-order valence-electron chi connectivity index (χ0n) is 12.9. The van der Waals surface area contributed by atoms with Gasteiger partial charge in [0.1, 0.15) is 5.75 Å². The minimum atomic E-state index is -0.175. The highest BCUT2D eigenvalue weighted by molar-refractivity contribution is 7.13. The molecule has 0 saturated carbocycles. The molecule has 0 spiro atoms. The molecule has 3 N–H and O–H groups in total. The number of amides is 1. The van der Waals surface area contributed by atoms with E-state index in [4.69, 9.17) is 10.5 Å². The third-order valence-electron chi connectivity index (χ3n) is 3.38. The Morgan fingerprint density at radius 2 is 1.88 bits per heavy atom. The number of aromatic nitrogens is 1. The van der Waals surface area contributed by atoms with Crippen LogP contribution in [0.4, 0.5) is 5.13 Å². The summed E-state index contributed by atoms with van der Waals surface area (Å²) in [7, 11) is 0. The van der Waals surface area contributed by atoms with Gasteiger partial charge in [-0.3, -0.25) is 4.79 Å². The number of para-hydroxylation sites is 1. The number of carbonyl (C=O) groups excluding carboxylic acids is 1. The van der Waals surface area contributed by atoms with Gasteiger partial charge in [0.25, 0.3) is 5.91 Å². The van der Waals surface area contributed by atoms with Gasteiger partial charge in [0.2, 0.25) is 0 Å². The lowest BCUT2D eigenvalue weighted by atomic mass is 10.1. The molecule has 24 heavy (non-hydrogen) atoms. The predicted octanol–water partition coefficient (Wildman–Crippen LogP) is 3.09. The van der Waals surface area contributed by atoms with Crippen LogP contribution < -0.4 is 15.8 Å². The van der Waals surface area contributed by atoms with Gasteiger partial charge in [-0.05, 0) is 17.7 Å². The maximum atomic E-state index is 12.0. The molecule has 1 heterocycles. The fourth-order valence-electron chi connectivity index (χ4n) is 2.21. The molecular weight excluding hydrogens is 322 g/mol.